The number of carbonyl (C=O) groups excluding carboxylic acids is 2. The second-order valence-electron chi connectivity index (χ2n) is 6.23. The van der Waals surface area contributed by atoms with Gasteiger partial charge in [-0.2, -0.15) is 0 Å². The number of ether oxygens (including phenoxy) is 2. The summed E-state index contributed by atoms with van der Waals surface area (Å²) in [6.45, 7) is 0. The summed E-state index contributed by atoms with van der Waals surface area (Å²) < 4.78 is 10.6. The summed E-state index contributed by atoms with van der Waals surface area (Å²) in [5.41, 5.74) is 1.93. The number of carbonyl (C=O) groups is 2. The lowest BCUT2D eigenvalue weighted by Crippen LogP contribution is -2.25. The van der Waals surface area contributed by atoms with E-state index >= 15 is 0 Å². The van der Waals surface area contributed by atoms with Gasteiger partial charge in [0.05, 0.1) is 14.2 Å². The van der Waals surface area contributed by atoms with E-state index in [1.54, 1.807) is 50.6 Å². The fourth-order valence-electron chi connectivity index (χ4n) is 2.59. The van der Waals surface area contributed by atoms with Crippen LogP contribution in [0.3, 0.4) is 0 Å². The van der Waals surface area contributed by atoms with Crippen molar-refractivity contribution in [2.45, 2.75) is 18.9 Å². The Morgan fingerprint density at radius 2 is 1.78 bits per heavy atom. The monoisotopic (exact) mass is 366 g/mol. The topological polar surface area (TPSA) is 76.7 Å². The minimum absolute atomic E-state index is 0.0830. The summed E-state index contributed by atoms with van der Waals surface area (Å²) in [7, 11) is 3.11. The Balaban J connectivity index is 1.62. The van der Waals surface area contributed by atoms with Crippen LogP contribution in [0.2, 0.25) is 0 Å². The molecule has 3 rings (SSSR count). The van der Waals surface area contributed by atoms with Crippen LogP contribution in [-0.2, 0) is 4.79 Å². The Labute approximate surface area is 158 Å². The Kier molecular flexibility index (Phi) is 5.76. The van der Waals surface area contributed by atoms with Gasteiger partial charge in [-0.25, -0.2) is 0 Å². The zero-order valence-corrected chi connectivity index (χ0v) is 15.3. The van der Waals surface area contributed by atoms with E-state index in [0.29, 0.717) is 28.8 Å². The quantitative estimate of drug-likeness (QED) is 0.738. The highest BCUT2D eigenvalue weighted by atomic mass is 16.5. The van der Waals surface area contributed by atoms with Gasteiger partial charge in [0, 0.05) is 28.9 Å². The molecule has 1 fully saturated rings. The molecule has 0 saturated heterocycles. The van der Waals surface area contributed by atoms with Gasteiger partial charge in [-0.1, -0.05) is 12.1 Å². The molecular formula is C21H22N2O4. The maximum Gasteiger partial charge on any atom is 0.251 e. The Morgan fingerprint density at radius 3 is 2.41 bits per heavy atom. The number of rotatable bonds is 7. The molecule has 0 radical (unpaired) electrons. The van der Waals surface area contributed by atoms with Crippen molar-refractivity contribution in [3.05, 3.63) is 59.7 Å². The van der Waals surface area contributed by atoms with Crippen LogP contribution in [0.25, 0.3) is 6.08 Å². The lowest BCUT2D eigenvalue weighted by atomic mass is 10.1. The Hall–Kier alpha value is -3.28. The van der Waals surface area contributed by atoms with Crippen molar-refractivity contribution >= 4 is 23.6 Å². The number of benzene rings is 2. The van der Waals surface area contributed by atoms with E-state index in [4.69, 9.17) is 9.47 Å². The number of anilines is 1. The van der Waals surface area contributed by atoms with Gasteiger partial charge in [-0.15, -0.1) is 0 Å². The third-order valence-electron chi connectivity index (χ3n) is 4.17. The largest absolute Gasteiger partial charge is 0.493 e. The SMILES string of the molecule is COc1cccc(/C=C/C(=O)Nc2ccc(C(=O)NC3CC3)cc2)c1OC. The molecule has 27 heavy (non-hydrogen) atoms. The summed E-state index contributed by atoms with van der Waals surface area (Å²) in [6.07, 6.45) is 5.17. The van der Waals surface area contributed by atoms with Crippen molar-refractivity contribution < 1.29 is 19.1 Å². The summed E-state index contributed by atoms with van der Waals surface area (Å²) in [6, 6.07) is 12.6. The molecule has 0 atom stereocenters. The van der Waals surface area contributed by atoms with Gasteiger partial charge in [0.1, 0.15) is 0 Å². The highest BCUT2D eigenvalue weighted by molar-refractivity contribution is 6.02. The second kappa shape index (κ2) is 8.40. The van der Waals surface area contributed by atoms with E-state index < -0.39 is 0 Å². The average molecular weight is 366 g/mol. The first-order valence-electron chi connectivity index (χ1n) is 8.71. The van der Waals surface area contributed by atoms with Crippen molar-refractivity contribution in [2.75, 3.05) is 19.5 Å². The first-order valence-corrected chi connectivity index (χ1v) is 8.71. The van der Waals surface area contributed by atoms with Crippen molar-refractivity contribution in [3.8, 4) is 11.5 Å². The fourth-order valence-corrected chi connectivity index (χ4v) is 2.59. The second-order valence-corrected chi connectivity index (χ2v) is 6.23. The third-order valence-corrected chi connectivity index (χ3v) is 4.17. The zero-order valence-electron chi connectivity index (χ0n) is 15.3. The molecule has 0 spiro atoms. The Bertz CT molecular complexity index is 855. The molecule has 1 saturated carbocycles. The first-order chi connectivity index (χ1) is 13.1. The van der Waals surface area contributed by atoms with Crippen molar-refractivity contribution in [1.29, 1.82) is 0 Å². The predicted octanol–water partition coefficient (Wildman–Crippen LogP) is 3.25. The molecule has 6 heteroatoms. The number of amides is 2. The van der Waals surface area contributed by atoms with Gasteiger partial charge in [0.25, 0.3) is 5.91 Å². The molecule has 2 aromatic rings. The average Bonchev–Trinajstić information content (AvgIpc) is 3.50. The molecule has 6 nitrogen and oxygen atoms in total. The molecule has 0 bridgehead atoms. The molecule has 0 unspecified atom stereocenters. The van der Waals surface area contributed by atoms with E-state index in [1.807, 2.05) is 12.1 Å². The number of methoxy groups -OCH3 is 2. The van der Waals surface area contributed by atoms with Crippen LogP contribution in [0.5, 0.6) is 11.5 Å². The lowest BCUT2D eigenvalue weighted by Gasteiger charge is -2.09. The normalized spacial score (nSPS) is 13.3. The molecule has 1 aliphatic rings. The summed E-state index contributed by atoms with van der Waals surface area (Å²) in [4.78, 5) is 24.1. The summed E-state index contributed by atoms with van der Waals surface area (Å²) >= 11 is 0. The number of nitrogens with one attached hydrogen (secondary N) is 2. The molecule has 2 aromatic carbocycles. The molecule has 140 valence electrons. The fraction of sp³-hybridized carbons (Fsp3) is 0.238. The maximum absolute atomic E-state index is 12.2. The highest BCUT2D eigenvalue weighted by Crippen LogP contribution is 2.31. The van der Waals surface area contributed by atoms with Gasteiger partial charge in [0.2, 0.25) is 5.91 Å². The van der Waals surface area contributed by atoms with E-state index in [1.165, 1.54) is 6.08 Å². The van der Waals surface area contributed by atoms with E-state index in [0.717, 1.165) is 18.4 Å². The van der Waals surface area contributed by atoms with Crippen LogP contribution in [0.4, 0.5) is 5.69 Å². The maximum atomic E-state index is 12.2. The number of hydrogen-bond acceptors (Lipinski definition) is 4. The first kappa shape index (κ1) is 18.5. The molecule has 2 amide bonds. The van der Waals surface area contributed by atoms with Crippen molar-refractivity contribution in [3.63, 3.8) is 0 Å². The standard InChI is InChI=1S/C21H22N2O4/c1-26-18-5-3-4-14(20(18)27-2)8-13-19(24)22-16-9-6-15(7-10-16)21(25)23-17-11-12-17/h3-10,13,17H,11-12H2,1-2H3,(H,22,24)(H,23,25)/b13-8+. The van der Waals surface area contributed by atoms with E-state index in [-0.39, 0.29) is 11.8 Å². The van der Waals surface area contributed by atoms with Crippen LogP contribution >= 0.6 is 0 Å². The van der Waals surface area contributed by atoms with Gasteiger partial charge >= 0.3 is 0 Å². The highest BCUT2D eigenvalue weighted by Gasteiger charge is 2.23. The summed E-state index contributed by atoms with van der Waals surface area (Å²) in [5, 5.41) is 5.70. The van der Waals surface area contributed by atoms with E-state index in [9.17, 15) is 9.59 Å². The molecule has 0 aromatic heterocycles. The van der Waals surface area contributed by atoms with Crippen molar-refractivity contribution in [1.82, 2.24) is 5.32 Å². The predicted molar refractivity (Wildman–Crippen MR) is 104 cm³/mol. The van der Waals surface area contributed by atoms with Gasteiger partial charge < -0.3 is 20.1 Å². The van der Waals surface area contributed by atoms with Gasteiger partial charge in [-0.05, 0) is 49.2 Å². The van der Waals surface area contributed by atoms with Crippen LogP contribution in [0, 0.1) is 0 Å². The van der Waals surface area contributed by atoms with Crippen LogP contribution in [0.1, 0.15) is 28.8 Å². The molecular weight excluding hydrogens is 344 g/mol. The van der Waals surface area contributed by atoms with Gasteiger partial charge in [0.15, 0.2) is 11.5 Å². The minimum atomic E-state index is -0.282. The lowest BCUT2D eigenvalue weighted by molar-refractivity contribution is -0.111. The molecule has 1 aliphatic carbocycles. The zero-order chi connectivity index (χ0) is 19.2. The number of hydrogen-bond donors (Lipinski definition) is 2. The molecule has 0 heterocycles. The molecule has 2 N–H and O–H groups in total. The van der Waals surface area contributed by atoms with E-state index in [2.05, 4.69) is 10.6 Å². The number of para-hydroxylation sites is 1. The van der Waals surface area contributed by atoms with Crippen LogP contribution < -0.4 is 20.1 Å². The smallest absolute Gasteiger partial charge is 0.251 e. The van der Waals surface area contributed by atoms with Crippen molar-refractivity contribution in [2.24, 2.45) is 0 Å². The Morgan fingerprint density at radius 1 is 1.04 bits per heavy atom. The van der Waals surface area contributed by atoms with Crippen LogP contribution in [-0.4, -0.2) is 32.1 Å². The summed E-state index contributed by atoms with van der Waals surface area (Å²) in [5.74, 6) is 0.797. The third kappa shape index (κ3) is 4.88. The molecule has 0 aliphatic heterocycles. The van der Waals surface area contributed by atoms with Crippen LogP contribution in [0.15, 0.2) is 48.5 Å². The van der Waals surface area contributed by atoms with Gasteiger partial charge in [-0.3, -0.25) is 9.59 Å². The minimum Gasteiger partial charge on any atom is -0.493 e.